The third kappa shape index (κ3) is 5.64. The molecule has 2 aromatic carbocycles. The molecular weight excluding hydrogens is 516 g/mol. The maximum absolute atomic E-state index is 13.3. The molecule has 2 aromatic rings. The second-order valence-electron chi connectivity index (χ2n) is 10.2. The highest BCUT2D eigenvalue weighted by Crippen LogP contribution is 2.56. The van der Waals surface area contributed by atoms with Crippen LogP contribution in [0.4, 0.5) is 0 Å². The van der Waals surface area contributed by atoms with Gasteiger partial charge in [0.05, 0.1) is 48.1 Å². The highest BCUT2D eigenvalue weighted by atomic mass is 16.6. The number of carbonyl (C=O) groups excluding carboxylic acids is 2. The van der Waals surface area contributed by atoms with Gasteiger partial charge in [0, 0.05) is 23.8 Å². The average Bonchev–Trinajstić information content (AvgIpc) is 3.36. The fourth-order valence-corrected chi connectivity index (χ4v) is 5.95. The van der Waals surface area contributed by atoms with Crippen LogP contribution in [0.2, 0.25) is 0 Å². The molecule has 4 rings (SSSR count). The topological polar surface area (TPSA) is 98.8 Å². The monoisotopic (exact) mass is 556 g/mol. The Morgan fingerprint density at radius 1 is 0.800 bits per heavy atom. The Balaban J connectivity index is 1.81. The zero-order chi connectivity index (χ0) is 28.8. The van der Waals surface area contributed by atoms with Crippen molar-refractivity contribution < 1.29 is 42.7 Å². The molecule has 4 atom stereocenters. The van der Waals surface area contributed by atoms with Gasteiger partial charge in [-0.15, -0.1) is 0 Å². The van der Waals surface area contributed by atoms with Crippen LogP contribution in [0.3, 0.4) is 0 Å². The highest BCUT2D eigenvalue weighted by Gasteiger charge is 2.54. The zero-order valence-corrected chi connectivity index (χ0v) is 24.2. The smallest absolute Gasteiger partial charge is 0.310 e. The Morgan fingerprint density at radius 3 is 1.98 bits per heavy atom. The van der Waals surface area contributed by atoms with Crippen molar-refractivity contribution in [1.29, 1.82) is 0 Å². The molecule has 40 heavy (non-hydrogen) atoms. The predicted octanol–water partition coefficient (Wildman–Crippen LogP) is 5.61. The highest BCUT2D eigenvalue weighted by molar-refractivity contribution is 5.79. The molecule has 1 saturated heterocycles. The molecule has 0 bridgehead atoms. The molecule has 9 heteroatoms. The summed E-state index contributed by atoms with van der Waals surface area (Å²) in [5.74, 6) is 0.342. The van der Waals surface area contributed by atoms with Gasteiger partial charge in [0.15, 0.2) is 23.0 Å². The zero-order valence-electron chi connectivity index (χ0n) is 24.2. The number of ether oxygens (including phenoxy) is 7. The molecule has 1 aliphatic carbocycles. The summed E-state index contributed by atoms with van der Waals surface area (Å²) < 4.78 is 39.8. The first-order valence-electron chi connectivity index (χ1n) is 13.8. The molecule has 0 unspecified atom stereocenters. The van der Waals surface area contributed by atoms with E-state index in [2.05, 4.69) is 6.92 Å². The molecular formula is C31H40O9. The maximum Gasteiger partial charge on any atom is 0.310 e. The molecule has 1 aliphatic heterocycles. The van der Waals surface area contributed by atoms with Crippen molar-refractivity contribution in [1.82, 2.24) is 0 Å². The molecule has 1 heterocycles. The van der Waals surface area contributed by atoms with Crippen molar-refractivity contribution in [3.63, 3.8) is 0 Å². The number of carbonyl (C=O) groups is 2. The lowest BCUT2D eigenvalue weighted by molar-refractivity contribution is -0.154. The lowest BCUT2D eigenvalue weighted by Gasteiger charge is -2.39. The van der Waals surface area contributed by atoms with Gasteiger partial charge < -0.3 is 33.2 Å². The number of hydrogen-bond donors (Lipinski definition) is 0. The van der Waals surface area contributed by atoms with Gasteiger partial charge in [-0.1, -0.05) is 32.6 Å². The lowest BCUT2D eigenvalue weighted by Crippen LogP contribution is -2.36. The normalized spacial score (nSPS) is 21.1. The second kappa shape index (κ2) is 13.2. The third-order valence-electron chi connectivity index (χ3n) is 7.92. The van der Waals surface area contributed by atoms with Crippen LogP contribution < -0.4 is 23.7 Å². The summed E-state index contributed by atoms with van der Waals surface area (Å²) >= 11 is 0. The van der Waals surface area contributed by atoms with Crippen molar-refractivity contribution in [2.45, 2.75) is 57.5 Å². The molecule has 218 valence electrons. The predicted molar refractivity (Wildman–Crippen MR) is 148 cm³/mol. The Labute approximate surface area is 236 Å². The first-order valence-corrected chi connectivity index (χ1v) is 13.8. The van der Waals surface area contributed by atoms with Gasteiger partial charge in [-0.25, -0.2) is 0 Å². The molecule has 0 N–H and O–H groups in total. The first-order chi connectivity index (χ1) is 19.4. The Kier molecular flexibility index (Phi) is 9.66. The lowest BCUT2D eigenvalue weighted by atomic mass is 9.66. The van der Waals surface area contributed by atoms with E-state index in [4.69, 9.17) is 33.2 Å². The maximum atomic E-state index is 13.3. The molecule has 1 fully saturated rings. The van der Waals surface area contributed by atoms with E-state index < -0.39 is 17.9 Å². The van der Waals surface area contributed by atoms with E-state index in [0.29, 0.717) is 35.2 Å². The third-order valence-corrected chi connectivity index (χ3v) is 7.92. The van der Waals surface area contributed by atoms with E-state index in [0.717, 1.165) is 48.8 Å². The van der Waals surface area contributed by atoms with Gasteiger partial charge in [0.25, 0.3) is 0 Å². The minimum atomic E-state index is -0.673. The van der Waals surface area contributed by atoms with Crippen LogP contribution in [-0.2, 0) is 19.1 Å². The summed E-state index contributed by atoms with van der Waals surface area (Å²) in [6.07, 6.45) is 4.78. The van der Waals surface area contributed by atoms with Crippen LogP contribution in [0, 0.1) is 11.8 Å². The Hall–Kier alpha value is -3.62. The standard InChI is InChI=1S/C31H40O9/c1-7-8-9-10-11-12-26(32)40-29-20-16-23(35-3)22(34-2)15-19(20)27(28-21(29)17-39-31(28)33)18-13-24(36-4)30(38-6)25(14-18)37-5/h13-16,21,27-29H,7-12,17H2,1-6H3/t21-,27+,28-,29-/m0/s1. The molecule has 9 nitrogen and oxygen atoms in total. The Morgan fingerprint density at radius 2 is 1.40 bits per heavy atom. The van der Waals surface area contributed by atoms with Gasteiger partial charge in [0.1, 0.15) is 6.10 Å². The number of esters is 2. The number of rotatable bonds is 13. The number of fused-ring (bicyclic) bond motifs is 2. The summed E-state index contributed by atoms with van der Waals surface area (Å²) in [6.45, 7) is 2.30. The fraction of sp³-hybridized carbons (Fsp3) is 0.548. The second-order valence-corrected chi connectivity index (χ2v) is 10.2. The van der Waals surface area contributed by atoms with Gasteiger partial charge in [-0.2, -0.15) is 0 Å². The van der Waals surface area contributed by atoms with E-state index in [9.17, 15) is 9.59 Å². The molecule has 0 spiro atoms. The van der Waals surface area contributed by atoms with E-state index in [1.165, 1.54) is 0 Å². The van der Waals surface area contributed by atoms with Crippen LogP contribution in [0.15, 0.2) is 24.3 Å². The Bertz CT molecular complexity index is 1180. The minimum Gasteiger partial charge on any atom is -0.493 e. The fourth-order valence-electron chi connectivity index (χ4n) is 5.95. The van der Waals surface area contributed by atoms with Crippen LogP contribution >= 0.6 is 0 Å². The van der Waals surface area contributed by atoms with Gasteiger partial charge >= 0.3 is 11.9 Å². The number of hydrogen-bond acceptors (Lipinski definition) is 9. The minimum absolute atomic E-state index is 0.145. The van der Waals surface area contributed by atoms with Crippen molar-refractivity contribution in [3.05, 3.63) is 41.0 Å². The summed E-state index contributed by atoms with van der Waals surface area (Å²) in [4.78, 5) is 26.3. The average molecular weight is 557 g/mol. The van der Waals surface area contributed by atoms with Gasteiger partial charge in [0.2, 0.25) is 5.75 Å². The van der Waals surface area contributed by atoms with Crippen molar-refractivity contribution >= 4 is 11.9 Å². The van der Waals surface area contributed by atoms with Crippen LogP contribution in [0.5, 0.6) is 28.7 Å². The number of benzene rings is 2. The summed E-state index contributed by atoms with van der Waals surface area (Å²) in [5.41, 5.74) is 2.32. The molecule has 0 radical (unpaired) electrons. The van der Waals surface area contributed by atoms with Crippen LogP contribution in [0.25, 0.3) is 0 Å². The van der Waals surface area contributed by atoms with E-state index in [-0.39, 0.29) is 24.5 Å². The number of cyclic esters (lactones) is 1. The van der Waals surface area contributed by atoms with Crippen molar-refractivity contribution in [2.75, 3.05) is 42.2 Å². The summed E-state index contributed by atoms with van der Waals surface area (Å²) in [6, 6.07) is 7.39. The van der Waals surface area contributed by atoms with Gasteiger partial charge in [-0.3, -0.25) is 9.59 Å². The SMILES string of the molecule is CCCCCCCC(=O)O[C@H]1c2cc(OC)c(OC)cc2[C@@H](c2cc(OC)c(OC)c(OC)c2)[C@H]2C(=O)OC[C@@H]21. The number of methoxy groups -OCH3 is 5. The molecule has 2 aliphatic rings. The van der Waals surface area contributed by atoms with Crippen molar-refractivity contribution in [2.24, 2.45) is 11.8 Å². The van der Waals surface area contributed by atoms with Crippen LogP contribution in [0.1, 0.15) is 74.2 Å². The van der Waals surface area contributed by atoms with Crippen LogP contribution in [-0.4, -0.2) is 54.1 Å². The molecule has 0 aromatic heterocycles. The molecule has 0 amide bonds. The van der Waals surface area contributed by atoms with E-state index in [1.54, 1.807) is 35.5 Å². The summed E-state index contributed by atoms with van der Waals surface area (Å²) in [5, 5.41) is 0. The van der Waals surface area contributed by atoms with E-state index in [1.807, 2.05) is 24.3 Å². The largest absolute Gasteiger partial charge is 0.493 e. The summed E-state index contributed by atoms with van der Waals surface area (Å²) in [7, 11) is 7.76. The molecule has 0 saturated carbocycles. The number of unbranched alkanes of at least 4 members (excludes halogenated alkanes) is 4. The quantitative estimate of drug-likeness (QED) is 0.230. The van der Waals surface area contributed by atoms with Crippen molar-refractivity contribution in [3.8, 4) is 28.7 Å². The first kappa shape index (κ1) is 29.4. The van der Waals surface area contributed by atoms with Gasteiger partial charge in [-0.05, 0) is 41.8 Å². The van der Waals surface area contributed by atoms with E-state index >= 15 is 0 Å².